The molecule has 0 amide bonds. The summed E-state index contributed by atoms with van der Waals surface area (Å²) in [6.45, 7) is 3.44. The number of aliphatic hydroxyl groups excluding tert-OH is 1. The second-order valence-electron chi connectivity index (χ2n) is 4.48. The summed E-state index contributed by atoms with van der Waals surface area (Å²) in [5.74, 6) is -3.45. The van der Waals surface area contributed by atoms with Crippen LogP contribution in [0.3, 0.4) is 0 Å². The van der Waals surface area contributed by atoms with Gasteiger partial charge in [-0.25, -0.2) is 8.42 Å². The topological polar surface area (TPSA) is 66.4 Å². The van der Waals surface area contributed by atoms with Gasteiger partial charge in [0.1, 0.15) is 0 Å². The first-order valence-electron chi connectivity index (χ1n) is 5.79. The summed E-state index contributed by atoms with van der Waals surface area (Å²) in [5, 5.41) is 12.0. The molecule has 1 rings (SSSR count). The second-order valence-corrected chi connectivity index (χ2v) is 6.37. The predicted octanol–water partition coefficient (Wildman–Crippen LogP) is 2.11. The number of nitrogens with one attached hydrogen (secondary N) is 1. The molecule has 0 aromatic heterocycles. The minimum absolute atomic E-state index is 0.0207. The van der Waals surface area contributed by atoms with Crippen LogP contribution in [0.25, 0.3) is 0 Å². The summed E-state index contributed by atoms with van der Waals surface area (Å²) in [4.78, 5) is -0.455. The van der Waals surface area contributed by atoms with E-state index in [9.17, 15) is 22.3 Å². The maximum absolute atomic E-state index is 12.6. The van der Waals surface area contributed by atoms with Gasteiger partial charge < -0.3 is 10.4 Å². The van der Waals surface area contributed by atoms with Crippen LogP contribution in [0.4, 0.5) is 14.5 Å². The molecule has 0 aliphatic carbocycles. The van der Waals surface area contributed by atoms with Gasteiger partial charge in [-0.1, -0.05) is 26.0 Å². The van der Waals surface area contributed by atoms with Crippen molar-refractivity contribution in [3.8, 4) is 0 Å². The quantitative estimate of drug-likeness (QED) is 0.843. The Morgan fingerprint density at radius 1 is 1.26 bits per heavy atom. The first kappa shape index (κ1) is 15.8. The largest absolute Gasteiger partial charge is 0.394 e. The number of halogens is 2. The number of hydrogen-bond donors (Lipinski definition) is 2. The van der Waals surface area contributed by atoms with Crippen molar-refractivity contribution in [1.82, 2.24) is 0 Å². The van der Waals surface area contributed by atoms with Crippen LogP contribution in [0.5, 0.6) is 0 Å². The van der Waals surface area contributed by atoms with Gasteiger partial charge >= 0.3 is 5.76 Å². The van der Waals surface area contributed by atoms with Crippen LogP contribution >= 0.6 is 0 Å². The molecule has 2 N–H and O–H groups in total. The summed E-state index contributed by atoms with van der Waals surface area (Å²) >= 11 is 0. The van der Waals surface area contributed by atoms with Crippen LogP contribution in [0.2, 0.25) is 0 Å². The molecule has 19 heavy (non-hydrogen) atoms. The molecule has 0 aliphatic heterocycles. The number of rotatable bonds is 6. The number of alkyl halides is 2. The molecule has 108 valence electrons. The molecule has 0 saturated carbocycles. The molecule has 0 fully saturated rings. The summed E-state index contributed by atoms with van der Waals surface area (Å²) < 4.78 is 48.3. The lowest BCUT2D eigenvalue weighted by Gasteiger charge is -2.22. The Bertz CT molecular complexity index is 517. The molecule has 7 heteroatoms. The monoisotopic (exact) mass is 293 g/mol. The van der Waals surface area contributed by atoms with E-state index in [0.29, 0.717) is 0 Å². The molecule has 0 heterocycles. The molecule has 0 aliphatic rings. The first-order chi connectivity index (χ1) is 8.80. The smallest absolute Gasteiger partial charge is 0.341 e. The minimum Gasteiger partial charge on any atom is -0.394 e. The van der Waals surface area contributed by atoms with Crippen molar-refractivity contribution >= 4 is 15.5 Å². The van der Waals surface area contributed by atoms with Gasteiger partial charge in [0.05, 0.1) is 23.2 Å². The third-order valence-corrected chi connectivity index (χ3v) is 4.21. The van der Waals surface area contributed by atoms with E-state index in [1.54, 1.807) is 6.07 Å². The van der Waals surface area contributed by atoms with Gasteiger partial charge in [0.15, 0.2) is 0 Å². The molecule has 1 unspecified atom stereocenters. The number of sulfone groups is 1. The molecule has 0 saturated heterocycles. The fraction of sp³-hybridized carbons (Fsp3) is 0.500. The van der Waals surface area contributed by atoms with Gasteiger partial charge in [-0.3, -0.25) is 0 Å². The standard InChI is InChI=1S/C12H17F2NO3S/c1-8(2)10(7-16)15-9-5-3-4-6-11(9)19(17,18)12(13)14/h3-6,8,10,12,15-16H,7H2,1-2H3. The van der Waals surface area contributed by atoms with Crippen molar-refractivity contribution in [2.75, 3.05) is 11.9 Å². The zero-order valence-corrected chi connectivity index (χ0v) is 11.5. The van der Waals surface area contributed by atoms with Crippen LogP contribution < -0.4 is 5.32 Å². The van der Waals surface area contributed by atoms with Crippen LogP contribution in [-0.4, -0.2) is 31.9 Å². The fourth-order valence-corrected chi connectivity index (χ4v) is 2.45. The van der Waals surface area contributed by atoms with Crippen molar-refractivity contribution in [3.63, 3.8) is 0 Å². The van der Waals surface area contributed by atoms with Crippen LogP contribution in [0, 0.1) is 5.92 Å². The lowest BCUT2D eigenvalue weighted by Crippen LogP contribution is -2.30. The molecule has 0 radical (unpaired) electrons. The van der Waals surface area contributed by atoms with E-state index in [1.807, 2.05) is 13.8 Å². The normalized spacial score (nSPS) is 13.8. The highest BCUT2D eigenvalue weighted by Crippen LogP contribution is 2.27. The third-order valence-electron chi connectivity index (χ3n) is 2.77. The molecule has 0 spiro atoms. The maximum atomic E-state index is 12.6. The van der Waals surface area contributed by atoms with Crippen molar-refractivity contribution in [2.45, 2.75) is 30.5 Å². The Kier molecular flexibility index (Phi) is 5.25. The Labute approximate surface area is 111 Å². The van der Waals surface area contributed by atoms with E-state index >= 15 is 0 Å². The Morgan fingerprint density at radius 2 is 1.84 bits per heavy atom. The lowest BCUT2D eigenvalue weighted by atomic mass is 10.1. The van der Waals surface area contributed by atoms with E-state index < -0.39 is 26.5 Å². The van der Waals surface area contributed by atoms with Crippen molar-refractivity contribution in [3.05, 3.63) is 24.3 Å². The second kappa shape index (κ2) is 6.29. The molecule has 1 atom stereocenters. The minimum atomic E-state index is -4.66. The number of anilines is 1. The van der Waals surface area contributed by atoms with Gasteiger partial charge in [-0.2, -0.15) is 8.78 Å². The summed E-state index contributed by atoms with van der Waals surface area (Å²) in [7, 11) is -4.66. The summed E-state index contributed by atoms with van der Waals surface area (Å²) in [6, 6.07) is 5.04. The van der Waals surface area contributed by atoms with E-state index in [-0.39, 0.29) is 18.2 Å². The van der Waals surface area contributed by atoms with Gasteiger partial charge in [0.2, 0.25) is 9.84 Å². The first-order valence-corrected chi connectivity index (χ1v) is 7.33. The number of benzene rings is 1. The van der Waals surface area contributed by atoms with Gasteiger partial charge in [0.25, 0.3) is 0 Å². The number of para-hydroxylation sites is 1. The fourth-order valence-electron chi connectivity index (χ4n) is 1.55. The zero-order valence-electron chi connectivity index (χ0n) is 10.7. The third kappa shape index (κ3) is 3.63. The highest BCUT2D eigenvalue weighted by molar-refractivity contribution is 7.91. The Balaban J connectivity index is 3.17. The van der Waals surface area contributed by atoms with Crippen LogP contribution in [-0.2, 0) is 9.84 Å². The highest BCUT2D eigenvalue weighted by atomic mass is 32.2. The van der Waals surface area contributed by atoms with E-state index in [0.717, 1.165) is 6.07 Å². The average Bonchev–Trinajstić information content (AvgIpc) is 2.35. The molecule has 0 bridgehead atoms. The van der Waals surface area contributed by atoms with E-state index in [4.69, 9.17) is 0 Å². The summed E-state index contributed by atoms with van der Waals surface area (Å²) in [6.07, 6.45) is 0. The molecule has 4 nitrogen and oxygen atoms in total. The van der Waals surface area contributed by atoms with Crippen LogP contribution in [0.1, 0.15) is 13.8 Å². The van der Waals surface area contributed by atoms with E-state index in [1.165, 1.54) is 12.1 Å². The number of hydrogen-bond acceptors (Lipinski definition) is 4. The lowest BCUT2D eigenvalue weighted by molar-refractivity contribution is 0.234. The van der Waals surface area contributed by atoms with Crippen LogP contribution in [0.15, 0.2) is 29.2 Å². The van der Waals surface area contributed by atoms with Crippen molar-refractivity contribution < 1.29 is 22.3 Å². The number of aliphatic hydroxyl groups is 1. The molecular weight excluding hydrogens is 276 g/mol. The van der Waals surface area contributed by atoms with Gasteiger partial charge in [0, 0.05) is 0 Å². The highest BCUT2D eigenvalue weighted by Gasteiger charge is 2.29. The molecule has 1 aromatic rings. The predicted molar refractivity (Wildman–Crippen MR) is 69.0 cm³/mol. The van der Waals surface area contributed by atoms with Crippen molar-refractivity contribution in [1.29, 1.82) is 0 Å². The van der Waals surface area contributed by atoms with E-state index in [2.05, 4.69) is 5.32 Å². The maximum Gasteiger partial charge on any atom is 0.341 e. The SMILES string of the molecule is CC(C)C(CO)Nc1ccccc1S(=O)(=O)C(F)F. The Hall–Kier alpha value is -1.21. The van der Waals surface area contributed by atoms with Crippen molar-refractivity contribution in [2.24, 2.45) is 5.92 Å². The van der Waals surface area contributed by atoms with Gasteiger partial charge in [-0.15, -0.1) is 0 Å². The molecular formula is C12H17F2NO3S. The average molecular weight is 293 g/mol. The molecule has 1 aromatic carbocycles. The summed E-state index contributed by atoms with van der Waals surface area (Å²) in [5.41, 5.74) is 0.0792. The van der Waals surface area contributed by atoms with Gasteiger partial charge in [-0.05, 0) is 18.1 Å². The zero-order chi connectivity index (χ0) is 14.6. The Morgan fingerprint density at radius 3 is 2.32 bits per heavy atom.